The Morgan fingerprint density at radius 1 is 1.04 bits per heavy atom. The van der Waals surface area contributed by atoms with Crippen molar-refractivity contribution < 1.29 is 4.74 Å². The molecule has 0 radical (unpaired) electrons. The number of para-hydroxylation sites is 2. The first kappa shape index (κ1) is 15.8. The molecule has 2 N–H and O–H groups in total. The highest BCUT2D eigenvalue weighted by atomic mass is 16.5. The number of methoxy groups -OCH3 is 1. The van der Waals surface area contributed by atoms with Crippen LogP contribution in [-0.4, -0.2) is 33.5 Å². The Hall–Kier alpha value is -3.74. The molecule has 0 spiro atoms. The second kappa shape index (κ2) is 7.02. The molecule has 4 aromatic rings. The van der Waals surface area contributed by atoms with Crippen LogP contribution in [0.25, 0.3) is 22.3 Å². The zero-order chi connectivity index (χ0) is 17.8. The summed E-state index contributed by atoms with van der Waals surface area (Å²) in [5.74, 6) is 1.38. The van der Waals surface area contributed by atoms with E-state index in [2.05, 4.69) is 30.7 Å². The molecule has 2 aromatic heterocycles. The van der Waals surface area contributed by atoms with Crippen LogP contribution in [0.5, 0.6) is 5.75 Å². The Bertz CT molecular complexity index is 1060. The summed E-state index contributed by atoms with van der Waals surface area (Å²) in [6.07, 6.45) is 5.07. The highest BCUT2D eigenvalue weighted by Gasteiger charge is 2.06. The molecular weight excluding hydrogens is 328 g/mol. The number of benzene rings is 2. The van der Waals surface area contributed by atoms with Crippen molar-refractivity contribution >= 4 is 23.1 Å². The van der Waals surface area contributed by atoms with Gasteiger partial charge in [0.15, 0.2) is 5.82 Å². The molecule has 0 saturated carbocycles. The van der Waals surface area contributed by atoms with Gasteiger partial charge in [0, 0.05) is 11.1 Å². The van der Waals surface area contributed by atoms with Crippen LogP contribution in [0.1, 0.15) is 5.56 Å². The average molecular weight is 344 g/mol. The fourth-order valence-corrected chi connectivity index (χ4v) is 2.56. The number of hydrogen-bond acceptors (Lipinski definition) is 6. The predicted octanol–water partition coefficient (Wildman–Crippen LogP) is 3.47. The van der Waals surface area contributed by atoms with Crippen molar-refractivity contribution in [3.05, 3.63) is 66.5 Å². The molecule has 0 saturated heterocycles. The van der Waals surface area contributed by atoms with E-state index in [0.717, 1.165) is 33.6 Å². The van der Waals surface area contributed by atoms with E-state index in [0.29, 0.717) is 5.82 Å². The number of fused-ring (bicyclic) bond motifs is 1. The third-order valence-corrected chi connectivity index (χ3v) is 3.88. The van der Waals surface area contributed by atoms with E-state index in [1.165, 1.54) is 0 Å². The van der Waals surface area contributed by atoms with Crippen LogP contribution in [-0.2, 0) is 0 Å². The van der Waals surface area contributed by atoms with Crippen LogP contribution in [0.15, 0.2) is 66.0 Å². The van der Waals surface area contributed by atoms with Gasteiger partial charge in [-0.25, -0.2) is 4.98 Å². The summed E-state index contributed by atoms with van der Waals surface area (Å²) in [5, 5.41) is 11.3. The number of ether oxygens (including phenoxy) is 1. The Morgan fingerprint density at radius 3 is 2.65 bits per heavy atom. The zero-order valence-corrected chi connectivity index (χ0v) is 14.0. The smallest absolute Gasteiger partial charge is 0.165 e. The molecule has 128 valence electrons. The van der Waals surface area contributed by atoms with Crippen molar-refractivity contribution in [1.82, 2.24) is 20.2 Å². The lowest BCUT2D eigenvalue weighted by atomic mass is 10.1. The van der Waals surface area contributed by atoms with Gasteiger partial charge >= 0.3 is 0 Å². The fourth-order valence-electron chi connectivity index (χ4n) is 2.56. The van der Waals surface area contributed by atoms with Gasteiger partial charge in [-0.05, 0) is 36.4 Å². The summed E-state index contributed by atoms with van der Waals surface area (Å²) < 4.78 is 5.19. The van der Waals surface area contributed by atoms with Gasteiger partial charge in [0.1, 0.15) is 5.75 Å². The van der Waals surface area contributed by atoms with Crippen LogP contribution < -0.4 is 10.2 Å². The van der Waals surface area contributed by atoms with Gasteiger partial charge in [-0.1, -0.05) is 12.1 Å². The van der Waals surface area contributed by atoms with Crippen LogP contribution >= 0.6 is 0 Å². The molecule has 0 fully saturated rings. The summed E-state index contributed by atoms with van der Waals surface area (Å²) in [7, 11) is 1.64. The number of hydrogen-bond donors (Lipinski definition) is 2. The van der Waals surface area contributed by atoms with Crippen molar-refractivity contribution in [2.75, 3.05) is 12.5 Å². The molecule has 7 heteroatoms. The molecule has 0 unspecified atom stereocenters. The van der Waals surface area contributed by atoms with Gasteiger partial charge < -0.3 is 4.74 Å². The van der Waals surface area contributed by atoms with Gasteiger partial charge in [0.05, 0.1) is 42.4 Å². The van der Waals surface area contributed by atoms with E-state index in [9.17, 15) is 0 Å². The number of nitrogens with one attached hydrogen (secondary N) is 2. The van der Waals surface area contributed by atoms with Crippen molar-refractivity contribution in [2.45, 2.75) is 0 Å². The maximum atomic E-state index is 5.19. The van der Waals surface area contributed by atoms with Crippen LogP contribution in [0.4, 0.5) is 5.82 Å². The summed E-state index contributed by atoms with van der Waals surface area (Å²) in [6, 6.07) is 15.4. The fraction of sp³-hybridized carbons (Fsp3) is 0.0526. The third-order valence-electron chi connectivity index (χ3n) is 3.88. The molecule has 0 aliphatic carbocycles. The van der Waals surface area contributed by atoms with E-state index in [4.69, 9.17) is 4.74 Å². The summed E-state index contributed by atoms with van der Waals surface area (Å²) in [4.78, 5) is 8.82. The first-order chi connectivity index (χ1) is 12.8. The van der Waals surface area contributed by atoms with Crippen LogP contribution in [0.2, 0.25) is 0 Å². The van der Waals surface area contributed by atoms with Crippen molar-refractivity contribution in [3.63, 3.8) is 0 Å². The molecule has 2 aromatic carbocycles. The van der Waals surface area contributed by atoms with Crippen molar-refractivity contribution in [1.29, 1.82) is 0 Å². The van der Waals surface area contributed by atoms with Gasteiger partial charge in [-0.15, -0.1) is 0 Å². The molecule has 0 amide bonds. The lowest BCUT2D eigenvalue weighted by molar-refractivity contribution is 0.415. The number of nitrogens with zero attached hydrogens (tertiary/aromatic N) is 4. The quantitative estimate of drug-likeness (QED) is 0.427. The number of hydrazone groups is 1. The van der Waals surface area contributed by atoms with E-state index in [1.54, 1.807) is 25.7 Å². The molecule has 7 nitrogen and oxygen atoms in total. The van der Waals surface area contributed by atoms with Gasteiger partial charge in [0.25, 0.3) is 0 Å². The molecular formula is C19H16N6O. The number of rotatable bonds is 5. The SMILES string of the molecule is COc1ccc(-c2[nH]ncc2/C=N/Nc2cnc3ccccc3n2)cc1. The first-order valence-corrected chi connectivity index (χ1v) is 8.02. The normalized spacial score (nSPS) is 11.1. The third kappa shape index (κ3) is 3.23. The zero-order valence-electron chi connectivity index (χ0n) is 14.0. The van der Waals surface area contributed by atoms with Crippen molar-refractivity contribution in [3.8, 4) is 17.0 Å². The highest BCUT2D eigenvalue weighted by molar-refractivity contribution is 5.88. The minimum absolute atomic E-state index is 0.578. The molecule has 0 aliphatic rings. The summed E-state index contributed by atoms with van der Waals surface area (Å²) in [5.41, 5.74) is 7.30. The van der Waals surface area contributed by atoms with Crippen molar-refractivity contribution in [2.24, 2.45) is 5.10 Å². The molecule has 2 heterocycles. The predicted molar refractivity (Wildman–Crippen MR) is 101 cm³/mol. The number of H-pyrrole nitrogens is 1. The van der Waals surface area contributed by atoms with Gasteiger partial charge in [0.2, 0.25) is 0 Å². The Labute approximate surface area is 149 Å². The largest absolute Gasteiger partial charge is 0.497 e. The second-order valence-corrected chi connectivity index (χ2v) is 5.54. The van der Waals surface area contributed by atoms with Gasteiger partial charge in [-0.3, -0.25) is 15.5 Å². The molecule has 0 atom stereocenters. The minimum atomic E-state index is 0.578. The maximum absolute atomic E-state index is 5.19. The topological polar surface area (TPSA) is 88.1 Å². The molecule has 4 rings (SSSR count). The van der Waals surface area contributed by atoms with E-state index in [-0.39, 0.29) is 0 Å². The Balaban J connectivity index is 1.52. The lowest BCUT2D eigenvalue weighted by Crippen LogP contribution is -1.95. The lowest BCUT2D eigenvalue weighted by Gasteiger charge is -2.03. The molecule has 0 bridgehead atoms. The monoisotopic (exact) mass is 344 g/mol. The van der Waals surface area contributed by atoms with E-state index < -0.39 is 0 Å². The molecule has 26 heavy (non-hydrogen) atoms. The first-order valence-electron chi connectivity index (χ1n) is 8.02. The minimum Gasteiger partial charge on any atom is -0.497 e. The average Bonchev–Trinajstić information content (AvgIpc) is 3.16. The Kier molecular flexibility index (Phi) is 4.26. The number of aromatic amines is 1. The summed E-state index contributed by atoms with van der Waals surface area (Å²) in [6.45, 7) is 0. The molecule has 0 aliphatic heterocycles. The highest BCUT2D eigenvalue weighted by Crippen LogP contribution is 2.22. The van der Waals surface area contributed by atoms with Crippen LogP contribution in [0, 0.1) is 0 Å². The standard InChI is InChI=1S/C19H16N6O/c1-26-15-8-6-13(7-9-15)19-14(11-22-25-19)10-21-24-18-12-20-16-4-2-3-5-17(16)23-18/h2-12H,1H3,(H,22,25)(H,23,24)/b21-10+. The second-order valence-electron chi connectivity index (χ2n) is 5.54. The van der Waals surface area contributed by atoms with E-state index in [1.807, 2.05) is 48.5 Å². The van der Waals surface area contributed by atoms with Gasteiger partial charge in [-0.2, -0.15) is 10.2 Å². The van der Waals surface area contributed by atoms with Crippen LogP contribution in [0.3, 0.4) is 0 Å². The number of anilines is 1. The maximum Gasteiger partial charge on any atom is 0.165 e. The number of aromatic nitrogens is 4. The Morgan fingerprint density at radius 2 is 1.85 bits per heavy atom. The van der Waals surface area contributed by atoms with E-state index >= 15 is 0 Å². The summed E-state index contributed by atoms with van der Waals surface area (Å²) >= 11 is 0.